The molecule has 0 saturated heterocycles. The van der Waals surface area contributed by atoms with Crippen molar-refractivity contribution >= 4 is 12.4 Å². The van der Waals surface area contributed by atoms with E-state index in [9.17, 15) is 9.59 Å². The van der Waals surface area contributed by atoms with Crippen molar-refractivity contribution in [1.29, 1.82) is 0 Å². The van der Waals surface area contributed by atoms with E-state index in [4.69, 9.17) is 9.57 Å². The van der Waals surface area contributed by atoms with Crippen LogP contribution in [0.3, 0.4) is 0 Å². The van der Waals surface area contributed by atoms with Crippen LogP contribution < -0.4 is 0 Å². The summed E-state index contributed by atoms with van der Waals surface area (Å²) in [5, 5.41) is 1.10. The maximum Gasteiger partial charge on any atom is 0.332 e. The Morgan fingerprint density at radius 2 is 1.50 bits per heavy atom. The van der Waals surface area contributed by atoms with E-state index in [1.807, 2.05) is 67.6 Å². The molecule has 204 valence electrons. The van der Waals surface area contributed by atoms with Crippen LogP contribution in [0.4, 0.5) is 0 Å². The number of nitrogens with zero attached hydrogens (tertiary/aromatic N) is 2. The number of benzene rings is 3. The summed E-state index contributed by atoms with van der Waals surface area (Å²) < 4.78 is 5.71. The fraction of sp³-hybridized carbons (Fsp3) is 0.265. The van der Waals surface area contributed by atoms with Gasteiger partial charge in [-0.2, -0.15) is 0 Å². The van der Waals surface area contributed by atoms with E-state index in [0.29, 0.717) is 6.41 Å². The van der Waals surface area contributed by atoms with E-state index in [1.165, 1.54) is 0 Å². The number of hydroxylamine groups is 2. The first-order valence-electron chi connectivity index (χ1n) is 13.5. The zero-order valence-corrected chi connectivity index (χ0v) is 23.3. The van der Waals surface area contributed by atoms with Gasteiger partial charge in [-0.3, -0.25) is 14.6 Å². The van der Waals surface area contributed by atoms with Crippen LogP contribution in [-0.2, 0) is 25.6 Å². The van der Waals surface area contributed by atoms with E-state index in [-0.39, 0.29) is 18.9 Å². The first-order chi connectivity index (χ1) is 19.2. The third-order valence-corrected chi connectivity index (χ3v) is 7.12. The van der Waals surface area contributed by atoms with E-state index in [1.54, 1.807) is 27.0 Å². The summed E-state index contributed by atoms with van der Waals surface area (Å²) in [5.74, 6) is -0.598. The van der Waals surface area contributed by atoms with Gasteiger partial charge in [-0.25, -0.2) is 9.86 Å². The van der Waals surface area contributed by atoms with Gasteiger partial charge in [-0.15, -0.1) is 0 Å². The molecule has 1 aliphatic rings. The average Bonchev–Trinajstić information content (AvgIpc) is 3.26. The summed E-state index contributed by atoms with van der Waals surface area (Å²) in [6, 6.07) is 27.4. The zero-order valence-electron chi connectivity index (χ0n) is 23.3. The van der Waals surface area contributed by atoms with Crippen molar-refractivity contribution in [2.75, 3.05) is 6.61 Å². The molecule has 0 N–H and O–H groups in total. The smallest absolute Gasteiger partial charge is 0.332 e. The lowest BCUT2D eigenvalue weighted by molar-refractivity contribution is -0.203. The Hall–Kier alpha value is -4.29. The fourth-order valence-corrected chi connectivity index (χ4v) is 5.23. The van der Waals surface area contributed by atoms with E-state index in [2.05, 4.69) is 29.2 Å². The summed E-state index contributed by atoms with van der Waals surface area (Å²) >= 11 is 0. The molecule has 6 nitrogen and oxygen atoms in total. The normalized spacial score (nSPS) is 13.3. The van der Waals surface area contributed by atoms with Gasteiger partial charge in [0.05, 0.1) is 12.3 Å². The molecule has 1 heterocycles. The molecule has 0 radical (unpaired) electrons. The van der Waals surface area contributed by atoms with Gasteiger partial charge >= 0.3 is 5.97 Å². The minimum absolute atomic E-state index is 0.0656. The second-order valence-electron chi connectivity index (χ2n) is 11.1. The van der Waals surface area contributed by atoms with Crippen molar-refractivity contribution in [1.82, 2.24) is 10.0 Å². The molecule has 6 heteroatoms. The van der Waals surface area contributed by atoms with Crippen molar-refractivity contribution in [3.8, 4) is 22.4 Å². The molecule has 0 fully saturated rings. The van der Waals surface area contributed by atoms with Crippen LogP contribution in [0.15, 0.2) is 91.1 Å². The third-order valence-electron chi connectivity index (χ3n) is 7.12. The Morgan fingerprint density at radius 3 is 2.05 bits per heavy atom. The first kappa shape index (κ1) is 27.3. The highest BCUT2D eigenvalue weighted by Gasteiger charge is 2.34. The van der Waals surface area contributed by atoms with Crippen LogP contribution in [0.5, 0.6) is 0 Å². The van der Waals surface area contributed by atoms with Crippen LogP contribution in [0.2, 0.25) is 0 Å². The SMILES string of the molecule is Cc1ccccc1-c1ccc(C[C@@H](C(=O)OC(C)(C)C)N(C=O)OCC2c3ccccc3-c3ccccc32)cn1. The highest BCUT2D eigenvalue weighted by atomic mass is 16.7. The number of ether oxygens (including phenoxy) is 1. The van der Waals surface area contributed by atoms with E-state index in [0.717, 1.165) is 49.7 Å². The number of amides is 1. The van der Waals surface area contributed by atoms with Gasteiger partial charge in [0.15, 0.2) is 6.04 Å². The van der Waals surface area contributed by atoms with Gasteiger partial charge in [0.2, 0.25) is 6.41 Å². The number of carbonyl (C=O) groups excluding carboxylic acids is 2. The molecule has 0 unspecified atom stereocenters. The number of rotatable bonds is 9. The van der Waals surface area contributed by atoms with Crippen LogP contribution in [-0.4, -0.2) is 40.7 Å². The molecule has 1 aliphatic carbocycles. The molecule has 0 aliphatic heterocycles. The summed E-state index contributed by atoms with van der Waals surface area (Å²) in [6.07, 6.45) is 2.51. The topological polar surface area (TPSA) is 68.7 Å². The number of hydrogen-bond acceptors (Lipinski definition) is 5. The van der Waals surface area contributed by atoms with Gasteiger partial charge < -0.3 is 4.74 Å². The van der Waals surface area contributed by atoms with E-state index >= 15 is 0 Å². The van der Waals surface area contributed by atoms with Crippen molar-refractivity contribution in [3.05, 3.63) is 113 Å². The van der Waals surface area contributed by atoms with Gasteiger partial charge in [0.25, 0.3) is 0 Å². The van der Waals surface area contributed by atoms with Gasteiger partial charge in [-0.1, -0.05) is 78.9 Å². The van der Waals surface area contributed by atoms with Crippen LogP contribution >= 0.6 is 0 Å². The second kappa shape index (κ2) is 11.4. The highest BCUT2D eigenvalue weighted by Crippen LogP contribution is 2.44. The predicted molar refractivity (Wildman–Crippen MR) is 155 cm³/mol. The quantitative estimate of drug-likeness (QED) is 0.139. The lowest BCUT2D eigenvalue weighted by atomic mass is 9.98. The number of esters is 1. The molecule has 0 spiro atoms. The maximum absolute atomic E-state index is 13.4. The molecule has 4 aromatic rings. The summed E-state index contributed by atoms with van der Waals surface area (Å²) in [4.78, 5) is 36.5. The molecular formula is C34H34N2O4. The fourth-order valence-electron chi connectivity index (χ4n) is 5.23. The summed E-state index contributed by atoms with van der Waals surface area (Å²) in [7, 11) is 0. The minimum atomic E-state index is -0.977. The number of carbonyl (C=O) groups is 2. The predicted octanol–water partition coefficient (Wildman–Crippen LogP) is 6.51. The Bertz CT molecular complexity index is 1460. The number of hydrogen-bond donors (Lipinski definition) is 0. The summed E-state index contributed by atoms with van der Waals surface area (Å²) in [6.45, 7) is 7.66. The monoisotopic (exact) mass is 534 g/mol. The number of fused-ring (bicyclic) bond motifs is 3. The number of aryl methyl sites for hydroxylation is 1. The Kier molecular flexibility index (Phi) is 7.81. The largest absolute Gasteiger partial charge is 0.458 e. The molecular weight excluding hydrogens is 500 g/mol. The van der Waals surface area contributed by atoms with Gasteiger partial charge in [0.1, 0.15) is 5.60 Å². The molecule has 0 saturated carbocycles. The van der Waals surface area contributed by atoms with Crippen molar-refractivity contribution in [2.45, 2.75) is 51.7 Å². The molecule has 40 heavy (non-hydrogen) atoms. The molecule has 3 aromatic carbocycles. The number of aromatic nitrogens is 1. The van der Waals surface area contributed by atoms with Crippen LogP contribution in [0, 0.1) is 6.92 Å². The standard InChI is InChI=1S/C34H34N2O4/c1-23-11-5-6-12-25(23)31-18-17-24(20-35-31)19-32(33(38)40-34(2,3)4)36(22-37)39-21-30-28-15-9-7-13-26(28)27-14-8-10-16-29(27)30/h5-18,20,22,30,32H,19,21H2,1-4H3/t32-/m0/s1. The lowest BCUT2D eigenvalue weighted by Gasteiger charge is -2.30. The minimum Gasteiger partial charge on any atom is -0.458 e. The van der Waals surface area contributed by atoms with Gasteiger partial charge in [-0.05, 0) is 67.1 Å². The highest BCUT2D eigenvalue weighted by molar-refractivity contribution is 5.79. The Morgan fingerprint density at radius 1 is 0.900 bits per heavy atom. The van der Waals surface area contributed by atoms with E-state index < -0.39 is 17.6 Å². The molecule has 1 atom stereocenters. The maximum atomic E-state index is 13.4. The summed E-state index contributed by atoms with van der Waals surface area (Å²) in [5.41, 5.74) is 7.69. The Labute approximate surface area is 235 Å². The zero-order chi connectivity index (χ0) is 28.3. The number of pyridine rings is 1. The average molecular weight is 535 g/mol. The molecule has 1 aromatic heterocycles. The lowest BCUT2D eigenvalue weighted by Crippen LogP contribution is -2.45. The van der Waals surface area contributed by atoms with Crippen LogP contribution in [0.25, 0.3) is 22.4 Å². The molecule has 0 bridgehead atoms. The third kappa shape index (κ3) is 5.82. The van der Waals surface area contributed by atoms with Crippen molar-refractivity contribution in [2.24, 2.45) is 0 Å². The molecule has 1 amide bonds. The van der Waals surface area contributed by atoms with Crippen molar-refractivity contribution < 1.29 is 19.2 Å². The van der Waals surface area contributed by atoms with Gasteiger partial charge in [0, 0.05) is 24.1 Å². The first-order valence-corrected chi connectivity index (χ1v) is 13.5. The van der Waals surface area contributed by atoms with Crippen molar-refractivity contribution in [3.63, 3.8) is 0 Å². The Balaban J connectivity index is 1.38. The van der Waals surface area contributed by atoms with Crippen LogP contribution in [0.1, 0.15) is 48.9 Å². The second-order valence-corrected chi connectivity index (χ2v) is 11.1. The molecule has 5 rings (SSSR count).